The van der Waals surface area contributed by atoms with Crippen LogP contribution >= 0.6 is 18.7 Å². The maximum Gasteiger partial charge on any atom is 0.414 e. The number of rotatable bonds is 7. The third-order valence-electron chi connectivity index (χ3n) is 6.58. The summed E-state index contributed by atoms with van der Waals surface area (Å²) < 4.78 is 24.5. The van der Waals surface area contributed by atoms with Gasteiger partial charge in [-0.25, -0.2) is 9.78 Å². The van der Waals surface area contributed by atoms with E-state index in [-0.39, 0.29) is 5.02 Å². The largest absolute Gasteiger partial charge is 0.495 e. The van der Waals surface area contributed by atoms with Gasteiger partial charge in [0.05, 0.1) is 24.7 Å². The van der Waals surface area contributed by atoms with Crippen molar-refractivity contribution in [3.8, 4) is 5.75 Å². The molecule has 1 amide bonds. The van der Waals surface area contributed by atoms with E-state index in [9.17, 15) is 9.36 Å². The molecular weight excluding hydrogens is 563 g/mol. The second-order valence-corrected chi connectivity index (χ2v) is 15.1. The highest BCUT2D eigenvalue weighted by Gasteiger charge is 2.24. The molecule has 2 N–H and O–H groups in total. The first kappa shape index (κ1) is 30.6. The fourth-order valence-electron chi connectivity index (χ4n) is 4.47. The molecule has 10 nitrogen and oxygen atoms in total. The highest BCUT2D eigenvalue weighted by molar-refractivity contribution is 7.70. The number of halogens is 1. The Hall–Kier alpha value is -3.33. The Morgan fingerprint density at radius 2 is 1.85 bits per heavy atom. The van der Waals surface area contributed by atoms with Crippen LogP contribution in [0.5, 0.6) is 5.75 Å². The molecule has 0 bridgehead atoms. The SMILES string of the molecule is COc1cc2c(cc1Nc1ncc(Cl)c(Nc3ccc(N(C)C(=O)OC(C)(C)C)cc3P(C)(C)=O)n1)CN(C)CC2. The Balaban J connectivity index is 1.63. The lowest BCUT2D eigenvalue weighted by atomic mass is 9.99. The Morgan fingerprint density at radius 3 is 2.51 bits per heavy atom. The summed E-state index contributed by atoms with van der Waals surface area (Å²) in [5, 5.41) is 7.31. The number of methoxy groups -OCH3 is 1. The molecule has 0 fully saturated rings. The molecule has 1 aromatic heterocycles. The van der Waals surface area contributed by atoms with Gasteiger partial charge in [0.1, 0.15) is 23.5 Å². The molecule has 0 spiro atoms. The van der Waals surface area contributed by atoms with Crippen LogP contribution in [0.1, 0.15) is 31.9 Å². The molecular formula is C29H38ClN6O4P. The first-order chi connectivity index (χ1) is 19.1. The van der Waals surface area contributed by atoms with Gasteiger partial charge in [-0.15, -0.1) is 0 Å². The van der Waals surface area contributed by atoms with Gasteiger partial charge in [-0.1, -0.05) is 11.6 Å². The van der Waals surface area contributed by atoms with Crippen LogP contribution in [0.15, 0.2) is 36.5 Å². The molecule has 0 saturated heterocycles. The van der Waals surface area contributed by atoms with E-state index in [0.29, 0.717) is 34.2 Å². The number of nitrogens with one attached hydrogen (secondary N) is 2. The molecule has 3 aromatic rings. The van der Waals surface area contributed by atoms with Gasteiger partial charge in [-0.3, -0.25) is 4.90 Å². The van der Waals surface area contributed by atoms with Gasteiger partial charge in [-0.05, 0) is 89.0 Å². The second-order valence-electron chi connectivity index (χ2n) is 11.5. The van der Waals surface area contributed by atoms with E-state index >= 15 is 0 Å². The van der Waals surface area contributed by atoms with Crippen LogP contribution in [0.2, 0.25) is 5.02 Å². The summed E-state index contributed by atoms with van der Waals surface area (Å²) in [6.07, 6.45) is 1.95. The van der Waals surface area contributed by atoms with Gasteiger partial charge in [0.25, 0.3) is 0 Å². The van der Waals surface area contributed by atoms with Crippen LogP contribution in [0, 0.1) is 0 Å². The number of ether oxygens (including phenoxy) is 2. The summed E-state index contributed by atoms with van der Waals surface area (Å²) in [6, 6.07) is 9.34. The molecule has 2 heterocycles. The fraction of sp³-hybridized carbons (Fsp3) is 0.414. The lowest BCUT2D eigenvalue weighted by Crippen LogP contribution is -2.34. The minimum atomic E-state index is -2.80. The van der Waals surface area contributed by atoms with Crippen molar-refractivity contribution < 1.29 is 18.8 Å². The standard InChI is InChI=1S/C29H38ClN6O4P/c1-29(2,3)40-28(37)36(5)20-9-10-22(25(15-20)41(7,8)38)32-26-21(30)16-31-27(34-26)33-23-13-19-17-35(4)12-11-18(19)14-24(23)39-6/h9-10,13-16H,11-12,17H2,1-8H3,(H2,31,32,33,34). The quantitative estimate of drug-likeness (QED) is 0.305. The normalized spacial score (nSPS) is 13.8. The van der Waals surface area contributed by atoms with Gasteiger partial charge in [0, 0.05) is 31.1 Å². The van der Waals surface area contributed by atoms with Crippen molar-refractivity contribution >= 4 is 59.0 Å². The topological polar surface area (TPSA) is 109 Å². The van der Waals surface area contributed by atoms with Gasteiger partial charge >= 0.3 is 6.09 Å². The van der Waals surface area contributed by atoms with Gasteiger partial charge < -0.3 is 29.6 Å². The minimum Gasteiger partial charge on any atom is -0.495 e. The highest BCUT2D eigenvalue weighted by Crippen LogP contribution is 2.40. The molecule has 4 rings (SSSR count). The molecule has 0 saturated carbocycles. The maximum atomic E-state index is 13.3. The van der Waals surface area contributed by atoms with E-state index in [0.717, 1.165) is 25.2 Å². The smallest absolute Gasteiger partial charge is 0.414 e. The number of fused-ring (bicyclic) bond motifs is 1. The highest BCUT2D eigenvalue weighted by atomic mass is 35.5. The predicted octanol–water partition coefficient (Wildman–Crippen LogP) is 6.23. The number of anilines is 5. The van der Waals surface area contributed by atoms with E-state index in [1.165, 1.54) is 22.2 Å². The zero-order chi connectivity index (χ0) is 30.1. The third kappa shape index (κ3) is 7.50. The van der Waals surface area contributed by atoms with Crippen LogP contribution in [0.4, 0.5) is 33.6 Å². The molecule has 1 aliphatic rings. The predicted molar refractivity (Wildman–Crippen MR) is 167 cm³/mol. The molecule has 12 heteroatoms. The first-order valence-electron chi connectivity index (χ1n) is 13.3. The van der Waals surface area contributed by atoms with Crippen LogP contribution in [0.3, 0.4) is 0 Å². The Kier molecular flexibility index (Phi) is 8.87. The van der Waals surface area contributed by atoms with Crippen LogP contribution in [-0.4, -0.2) is 67.6 Å². The van der Waals surface area contributed by atoms with E-state index in [2.05, 4.69) is 44.7 Å². The lowest BCUT2D eigenvalue weighted by molar-refractivity contribution is 0.0589. The molecule has 0 aliphatic carbocycles. The average molecular weight is 601 g/mol. The molecule has 0 radical (unpaired) electrons. The Bertz CT molecular complexity index is 1500. The number of carbonyl (C=O) groups excluding carboxylic acids is 1. The average Bonchev–Trinajstić information content (AvgIpc) is 2.88. The fourth-order valence-corrected chi connectivity index (χ4v) is 5.77. The summed E-state index contributed by atoms with van der Waals surface area (Å²) in [4.78, 5) is 25.3. The number of likely N-dealkylation sites (N-methyl/N-ethyl adjacent to an activating group) is 1. The van der Waals surface area contributed by atoms with Gasteiger partial charge in [-0.2, -0.15) is 4.98 Å². The summed E-state index contributed by atoms with van der Waals surface area (Å²) in [6.45, 7) is 10.6. The number of carbonyl (C=O) groups is 1. The van der Waals surface area contributed by atoms with Gasteiger partial charge in [0.15, 0.2) is 5.82 Å². The van der Waals surface area contributed by atoms with E-state index in [1.54, 1.807) is 66.5 Å². The zero-order valence-electron chi connectivity index (χ0n) is 24.8. The summed E-state index contributed by atoms with van der Waals surface area (Å²) in [5.74, 6) is 1.35. The van der Waals surface area contributed by atoms with Crippen molar-refractivity contribution in [3.05, 3.63) is 52.7 Å². The van der Waals surface area contributed by atoms with Crippen molar-refractivity contribution in [1.29, 1.82) is 0 Å². The van der Waals surface area contributed by atoms with Gasteiger partial charge in [0.2, 0.25) is 5.95 Å². The van der Waals surface area contributed by atoms with Crippen molar-refractivity contribution in [2.75, 3.05) is 56.6 Å². The van der Waals surface area contributed by atoms with Crippen LogP contribution < -0.4 is 25.6 Å². The van der Waals surface area contributed by atoms with Crippen molar-refractivity contribution in [1.82, 2.24) is 14.9 Å². The second kappa shape index (κ2) is 11.9. The summed E-state index contributed by atoms with van der Waals surface area (Å²) >= 11 is 6.49. The third-order valence-corrected chi connectivity index (χ3v) is 8.39. The van der Waals surface area contributed by atoms with Crippen molar-refractivity contribution in [2.45, 2.75) is 39.3 Å². The Morgan fingerprint density at radius 1 is 1.12 bits per heavy atom. The van der Waals surface area contributed by atoms with E-state index < -0.39 is 18.8 Å². The minimum absolute atomic E-state index is 0.289. The van der Waals surface area contributed by atoms with Crippen molar-refractivity contribution in [3.63, 3.8) is 0 Å². The lowest BCUT2D eigenvalue weighted by Gasteiger charge is -2.26. The van der Waals surface area contributed by atoms with E-state index in [1.807, 2.05) is 0 Å². The molecule has 220 valence electrons. The first-order valence-corrected chi connectivity index (χ1v) is 16.2. The Labute approximate surface area is 246 Å². The number of nitrogens with zero attached hydrogens (tertiary/aromatic N) is 4. The molecule has 0 atom stereocenters. The molecule has 2 aromatic carbocycles. The maximum absolute atomic E-state index is 13.3. The molecule has 41 heavy (non-hydrogen) atoms. The number of amides is 1. The van der Waals surface area contributed by atoms with E-state index in [4.69, 9.17) is 21.1 Å². The number of benzene rings is 2. The molecule has 0 unspecified atom stereocenters. The monoisotopic (exact) mass is 600 g/mol. The number of aromatic nitrogens is 2. The molecule has 1 aliphatic heterocycles. The number of hydrogen-bond acceptors (Lipinski definition) is 9. The van der Waals surface area contributed by atoms with Crippen LogP contribution in [-0.2, 0) is 22.3 Å². The zero-order valence-corrected chi connectivity index (χ0v) is 26.5. The number of hydrogen-bond donors (Lipinski definition) is 2. The summed E-state index contributed by atoms with van der Waals surface area (Å²) in [7, 11) is 2.55. The van der Waals surface area contributed by atoms with Crippen molar-refractivity contribution in [2.24, 2.45) is 0 Å². The summed E-state index contributed by atoms with van der Waals surface area (Å²) in [5.41, 5.74) is 3.69. The van der Waals surface area contributed by atoms with Crippen LogP contribution in [0.25, 0.3) is 0 Å².